The number of rotatable bonds is 8. The Bertz CT molecular complexity index is 616. The van der Waals surface area contributed by atoms with Gasteiger partial charge in [0.1, 0.15) is 5.82 Å². The average Bonchev–Trinajstić information content (AvgIpc) is 3.17. The van der Waals surface area contributed by atoms with E-state index in [2.05, 4.69) is 31.6 Å². The van der Waals surface area contributed by atoms with Crippen molar-refractivity contribution in [1.82, 2.24) is 19.4 Å². The van der Waals surface area contributed by atoms with E-state index in [4.69, 9.17) is 9.47 Å². The fourth-order valence-corrected chi connectivity index (χ4v) is 3.31. The van der Waals surface area contributed by atoms with Gasteiger partial charge in [-0.05, 0) is 30.5 Å². The third kappa shape index (κ3) is 4.20. The van der Waals surface area contributed by atoms with Crippen LogP contribution in [0.5, 0.6) is 0 Å². The largest absolute Gasteiger partial charge is 0.382 e. The molecule has 1 aliphatic rings. The van der Waals surface area contributed by atoms with Gasteiger partial charge in [-0.2, -0.15) is 0 Å². The first-order chi connectivity index (χ1) is 11.8. The van der Waals surface area contributed by atoms with Gasteiger partial charge >= 0.3 is 0 Å². The minimum absolute atomic E-state index is 0.230. The number of nitrogens with zero attached hydrogens (tertiary/aromatic N) is 4. The van der Waals surface area contributed by atoms with E-state index >= 15 is 0 Å². The van der Waals surface area contributed by atoms with Crippen LogP contribution in [0.15, 0.2) is 36.9 Å². The van der Waals surface area contributed by atoms with E-state index in [0.29, 0.717) is 19.3 Å². The molecule has 0 saturated carbocycles. The zero-order valence-electron chi connectivity index (χ0n) is 14.5. The van der Waals surface area contributed by atoms with Crippen molar-refractivity contribution in [3.63, 3.8) is 0 Å². The quantitative estimate of drug-likeness (QED) is 0.689. The summed E-state index contributed by atoms with van der Waals surface area (Å²) in [5.41, 5.74) is 1.29. The molecule has 0 unspecified atom stereocenters. The summed E-state index contributed by atoms with van der Waals surface area (Å²) in [5.74, 6) is 1.09. The second-order valence-electron chi connectivity index (χ2n) is 6.24. The standard InChI is InChI=1S/C18H26N4O2/c1-21-10-8-20-18(21)14-22-9-5-17(24-12-11-23-2)16(22)13-15-3-6-19-7-4-15/h3-4,6-8,10,16-17H,5,9,11-14H2,1-2H3/t16-,17-/m1/s1. The Hall–Kier alpha value is -1.76. The number of likely N-dealkylation sites (tertiary alicyclic amines) is 1. The summed E-state index contributed by atoms with van der Waals surface area (Å²) in [4.78, 5) is 11.1. The van der Waals surface area contributed by atoms with Crippen molar-refractivity contribution in [1.29, 1.82) is 0 Å². The van der Waals surface area contributed by atoms with Crippen LogP contribution in [-0.2, 0) is 29.5 Å². The maximum Gasteiger partial charge on any atom is 0.122 e. The lowest BCUT2D eigenvalue weighted by atomic mass is 10.0. The maximum atomic E-state index is 6.10. The molecule has 0 aromatic carbocycles. The summed E-state index contributed by atoms with van der Waals surface area (Å²) < 4.78 is 13.3. The van der Waals surface area contributed by atoms with Gasteiger partial charge < -0.3 is 14.0 Å². The summed E-state index contributed by atoms with van der Waals surface area (Å²) in [6, 6.07) is 4.52. The highest BCUT2D eigenvalue weighted by Crippen LogP contribution is 2.26. The van der Waals surface area contributed by atoms with Crippen LogP contribution in [0.4, 0.5) is 0 Å². The predicted molar refractivity (Wildman–Crippen MR) is 91.6 cm³/mol. The van der Waals surface area contributed by atoms with Crippen molar-refractivity contribution in [3.05, 3.63) is 48.3 Å². The first-order valence-corrected chi connectivity index (χ1v) is 8.47. The minimum Gasteiger partial charge on any atom is -0.382 e. The third-order valence-electron chi connectivity index (χ3n) is 4.68. The Morgan fingerprint density at radius 2 is 2.04 bits per heavy atom. The van der Waals surface area contributed by atoms with Crippen molar-refractivity contribution >= 4 is 0 Å². The van der Waals surface area contributed by atoms with Gasteiger partial charge in [-0.15, -0.1) is 0 Å². The van der Waals surface area contributed by atoms with E-state index in [1.807, 2.05) is 31.8 Å². The first kappa shape index (κ1) is 17.1. The van der Waals surface area contributed by atoms with Gasteiger partial charge in [-0.3, -0.25) is 9.88 Å². The molecule has 0 spiro atoms. The fraction of sp³-hybridized carbons (Fsp3) is 0.556. The lowest BCUT2D eigenvalue weighted by Crippen LogP contribution is -2.38. The Balaban J connectivity index is 1.70. The molecule has 0 bridgehead atoms. The van der Waals surface area contributed by atoms with Crippen LogP contribution >= 0.6 is 0 Å². The number of aryl methyl sites for hydroxylation is 1. The van der Waals surface area contributed by atoms with Crippen LogP contribution in [0, 0.1) is 0 Å². The molecular weight excluding hydrogens is 304 g/mol. The molecule has 2 atom stereocenters. The van der Waals surface area contributed by atoms with Crippen LogP contribution in [0.3, 0.4) is 0 Å². The molecule has 0 aliphatic carbocycles. The number of methoxy groups -OCH3 is 1. The molecule has 0 N–H and O–H groups in total. The van der Waals surface area contributed by atoms with Crippen molar-refractivity contribution in [2.45, 2.75) is 31.5 Å². The van der Waals surface area contributed by atoms with Crippen LogP contribution in [0.25, 0.3) is 0 Å². The number of hydrogen-bond acceptors (Lipinski definition) is 5. The average molecular weight is 330 g/mol. The molecule has 2 aromatic heterocycles. The molecule has 0 amide bonds. The Labute approximate surface area is 143 Å². The van der Waals surface area contributed by atoms with Gasteiger partial charge in [0.15, 0.2) is 0 Å². The summed E-state index contributed by atoms with van der Waals surface area (Å²) in [5, 5.41) is 0. The van der Waals surface area contributed by atoms with E-state index in [0.717, 1.165) is 31.8 Å². The van der Waals surface area contributed by atoms with Gasteiger partial charge in [0.25, 0.3) is 0 Å². The van der Waals surface area contributed by atoms with E-state index < -0.39 is 0 Å². The highest BCUT2D eigenvalue weighted by atomic mass is 16.5. The second-order valence-corrected chi connectivity index (χ2v) is 6.24. The molecule has 0 radical (unpaired) electrons. The van der Waals surface area contributed by atoms with Gasteiger partial charge in [0.05, 0.1) is 25.9 Å². The number of aromatic nitrogens is 3. The lowest BCUT2D eigenvalue weighted by molar-refractivity contribution is -0.00163. The van der Waals surface area contributed by atoms with E-state index in [9.17, 15) is 0 Å². The molecule has 24 heavy (non-hydrogen) atoms. The van der Waals surface area contributed by atoms with Crippen molar-refractivity contribution in [2.24, 2.45) is 7.05 Å². The number of pyridine rings is 1. The molecule has 1 saturated heterocycles. The van der Waals surface area contributed by atoms with Gasteiger partial charge in [0.2, 0.25) is 0 Å². The Morgan fingerprint density at radius 3 is 2.75 bits per heavy atom. The van der Waals surface area contributed by atoms with Crippen LogP contribution in [0.1, 0.15) is 17.8 Å². The van der Waals surface area contributed by atoms with Gasteiger partial charge in [0, 0.05) is 51.5 Å². The third-order valence-corrected chi connectivity index (χ3v) is 4.68. The van der Waals surface area contributed by atoms with Crippen molar-refractivity contribution in [2.75, 3.05) is 26.9 Å². The van der Waals surface area contributed by atoms with Gasteiger partial charge in [-0.25, -0.2) is 4.98 Å². The summed E-state index contributed by atoms with van der Waals surface area (Å²) in [6.07, 6.45) is 9.80. The maximum absolute atomic E-state index is 6.10. The van der Waals surface area contributed by atoms with Crippen molar-refractivity contribution in [3.8, 4) is 0 Å². The fourth-order valence-electron chi connectivity index (χ4n) is 3.31. The number of ether oxygens (including phenoxy) is 2. The van der Waals surface area contributed by atoms with E-state index in [-0.39, 0.29) is 6.10 Å². The van der Waals surface area contributed by atoms with E-state index in [1.165, 1.54) is 5.56 Å². The first-order valence-electron chi connectivity index (χ1n) is 8.47. The molecule has 1 aliphatic heterocycles. The molecule has 2 aromatic rings. The van der Waals surface area contributed by atoms with Crippen LogP contribution in [-0.4, -0.2) is 58.4 Å². The predicted octanol–water partition coefficient (Wildman–Crippen LogP) is 1.66. The topological polar surface area (TPSA) is 52.4 Å². The highest BCUT2D eigenvalue weighted by molar-refractivity contribution is 5.13. The molecule has 6 nitrogen and oxygen atoms in total. The van der Waals surface area contributed by atoms with Gasteiger partial charge in [-0.1, -0.05) is 0 Å². The molecular formula is C18H26N4O2. The molecule has 3 heterocycles. The van der Waals surface area contributed by atoms with Crippen LogP contribution < -0.4 is 0 Å². The molecule has 1 fully saturated rings. The molecule has 3 rings (SSSR count). The number of hydrogen-bond donors (Lipinski definition) is 0. The summed E-state index contributed by atoms with van der Waals surface area (Å²) in [7, 11) is 3.75. The van der Waals surface area contributed by atoms with Crippen LogP contribution in [0.2, 0.25) is 0 Å². The highest BCUT2D eigenvalue weighted by Gasteiger charge is 2.35. The Kier molecular flexibility index (Phi) is 5.96. The minimum atomic E-state index is 0.230. The lowest BCUT2D eigenvalue weighted by Gasteiger charge is -2.28. The Morgan fingerprint density at radius 1 is 1.21 bits per heavy atom. The smallest absolute Gasteiger partial charge is 0.122 e. The summed E-state index contributed by atoms with van der Waals surface area (Å²) >= 11 is 0. The second kappa shape index (κ2) is 8.37. The van der Waals surface area contributed by atoms with Crippen molar-refractivity contribution < 1.29 is 9.47 Å². The zero-order valence-corrected chi connectivity index (χ0v) is 14.5. The van der Waals surface area contributed by atoms with E-state index in [1.54, 1.807) is 7.11 Å². The zero-order chi connectivity index (χ0) is 16.8. The molecule has 130 valence electrons. The SMILES string of the molecule is COCCO[C@@H]1CCN(Cc2nccn2C)[C@@H]1Cc1ccncc1. The normalized spacial score (nSPS) is 21.4. The molecule has 6 heteroatoms. The monoisotopic (exact) mass is 330 g/mol. The summed E-state index contributed by atoms with van der Waals surface area (Å²) in [6.45, 7) is 3.16. The number of imidazole rings is 1.